The van der Waals surface area contributed by atoms with Crippen LogP contribution in [-0.2, 0) is 19.5 Å². The maximum Gasteiger partial charge on any atom is 0.251 e. The summed E-state index contributed by atoms with van der Waals surface area (Å²) in [5.41, 5.74) is 1.50. The molecule has 3 rings (SSSR count). The van der Waals surface area contributed by atoms with Crippen LogP contribution in [0, 0.1) is 0 Å². The second-order valence-electron chi connectivity index (χ2n) is 6.47. The molecule has 1 fully saturated rings. The Morgan fingerprint density at radius 1 is 1.35 bits per heavy atom. The molecule has 1 saturated heterocycles. The zero-order valence-electron chi connectivity index (χ0n) is 14.8. The highest BCUT2D eigenvalue weighted by atomic mass is 32.2. The van der Waals surface area contributed by atoms with Crippen molar-refractivity contribution in [2.75, 3.05) is 39.5 Å². The number of carbonyl (C=O) groups excluding carboxylic acids is 1. The minimum Gasteiger partial charge on any atom is -0.376 e. The fourth-order valence-corrected chi connectivity index (χ4v) is 4.31. The fourth-order valence-electron chi connectivity index (χ4n) is 2.88. The number of hydrogen-bond acceptors (Lipinski definition) is 5. The van der Waals surface area contributed by atoms with Crippen molar-refractivity contribution in [3.63, 3.8) is 0 Å². The summed E-state index contributed by atoms with van der Waals surface area (Å²) in [6, 6.07) is 6.14. The predicted molar refractivity (Wildman–Crippen MR) is 96.5 cm³/mol. The van der Waals surface area contributed by atoms with Gasteiger partial charge in [-0.25, -0.2) is 8.42 Å². The van der Waals surface area contributed by atoms with Crippen molar-refractivity contribution in [2.24, 2.45) is 0 Å². The quantitative estimate of drug-likeness (QED) is 0.775. The van der Waals surface area contributed by atoms with Crippen molar-refractivity contribution >= 4 is 15.9 Å². The molecule has 2 aliphatic rings. The third kappa shape index (κ3) is 4.50. The number of nitrogens with zero attached hydrogens (tertiary/aromatic N) is 1. The number of nitrogens with one attached hydrogen (secondary N) is 1. The second kappa shape index (κ2) is 8.30. The summed E-state index contributed by atoms with van der Waals surface area (Å²) in [5, 5.41) is 2.77. The molecule has 142 valence electrons. The van der Waals surface area contributed by atoms with E-state index in [1.165, 1.54) is 22.0 Å². The van der Waals surface area contributed by atoms with Crippen molar-refractivity contribution in [2.45, 2.75) is 24.3 Å². The van der Waals surface area contributed by atoms with Crippen LogP contribution in [0.1, 0.15) is 23.7 Å². The van der Waals surface area contributed by atoms with Crippen LogP contribution in [-0.4, -0.2) is 64.2 Å². The van der Waals surface area contributed by atoms with E-state index in [9.17, 15) is 13.2 Å². The van der Waals surface area contributed by atoms with Gasteiger partial charge >= 0.3 is 0 Å². The van der Waals surface area contributed by atoms with E-state index in [-0.39, 0.29) is 16.9 Å². The van der Waals surface area contributed by atoms with Gasteiger partial charge in [0.2, 0.25) is 10.0 Å². The molecule has 0 aliphatic carbocycles. The molecule has 1 amide bonds. The summed E-state index contributed by atoms with van der Waals surface area (Å²) < 4.78 is 37.8. The van der Waals surface area contributed by atoms with Crippen LogP contribution >= 0.6 is 0 Å². The Labute approximate surface area is 154 Å². The third-order valence-electron chi connectivity index (χ3n) is 4.51. The maximum atomic E-state index is 12.8. The Hall–Kier alpha value is -1.74. The maximum absolute atomic E-state index is 12.8. The van der Waals surface area contributed by atoms with Crippen molar-refractivity contribution in [3.05, 3.63) is 41.5 Å². The van der Waals surface area contributed by atoms with Gasteiger partial charge < -0.3 is 14.8 Å². The molecule has 1 N–H and O–H groups in total. The molecule has 0 aromatic heterocycles. The Balaban J connectivity index is 1.68. The highest BCUT2D eigenvalue weighted by molar-refractivity contribution is 7.89. The zero-order chi connectivity index (χ0) is 18.6. The molecular weight excluding hydrogens is 356 g/mol. The van der Waals surface area contributed by atoms with Gasteiger partial charge in [-0.05, 0) is 31.5 Å². The van der Waals surface area contributed by atoms with Gasteiger partial charge in [0, 0.05) is 25.2 Å². The SMILES string of the molecule is CC1=CCN(S(=O)(=O)c2cccc(C(=O)NC[C@@H]3COCCO3)c2)CC1. The summed E-state index contributed by atoms with van der Waals surface area (Å²) in [5.74, 6) is -0.328. The van der Waals surface area contributed by atoms with Crippen molar-refractivity contribution in [1.29, 1.82) is 0 Å². The smallest absolute Gasteiger partial charge is 0.251 e. The highest BCUT2D eigenvalue weighted by Gasteiger charge is 2.26. The number of ether oxygens (including phenoxy) is 2. The van der Waals surface area contributed by atoms with E-state index in [2.05, 4.69) is 5.32 Å². The Morgan fingerprint density at radius 2 is 2.19 bits per heavy atom. The number of rotatable bonds is 5. The standard InChI is InChI=1S/C18H24N2O5S/c1-14-5-7-20(8-6-14)26(22,23)17-4-2-3-15(11-17)18(21)19-12-16-13-24-9-10-25-16/h2-5,11,16H,6-10,12-13H2,1H3,(H,19,21)/t16-/m1/s1. The van der Waals surface area contributed by atoms with Crippen LogP contribution < -0.4 is 5.32 Å². The van der Waals surface area contributed by atoms with Gasteiger partial charge in [0.25, 0.3) is 5.91 Å². The van der Waals surface area contributed by atoms with E-state index < -0.39 is 10.0 Å². The van der Waals surface area contributed by atoms with Gasteiger partial charge in [-0.2, -0.15) is 4.31 Å². The lowest BCUT2D eigenvalue weighted by molar-refractivity contribution is -0.0855. The molecule has 26 heavy (non-hydrogen) atoms. The van der Waals surface area contributed by atoms with E-state index in [1.54, 1.807) is 12.1 Å². The van der Waals surface area contributed by atoms with Crippen molar-refractivity contribution in [3.8, 4) is 0 Å². The van der Waals surface area contributed by atoms with Crippen LogP contribution in [0.3, 0.4) is 0 Å². The van der Waals surface area contributed by atoms with Crippen molar-refractivity contribution in [1.82, 2.24) is 9.62 Å². The van der Waals surface area contributed by atoms with Gasteiger partial charge in [-0.3, -0.25) is 4.79 Å². The molecule has 1 aromatic carbocycles. The first kappa shape index (κ1) is 19.0. The Morgan fingerprint density at radius 3 is 2.88 bits per heavy atom. The average molecular weight is 380 g/mol. The molecular formula is C18H24N2O5S. The highest BCUT2D eigenvalue weighted by Crippen LogP contribution is 2.21. The molecule has 8 heteroatoms. The molecule has 1 atom stereocenters. The molecule has 1 aromatic rings. The van der Waals surface area contributed by atoms with Gasteiger partial charge in [0.15, 0.2) is 0 Å². The molecule has 0 saturated carbocycles. The summed E-state index contributed by atoms with van der Waals surface area (Å²) in [6.45, 7) is 4.66. The molecule has 7 nitrogen and oxygen atoms in total. The molecule has 0 spiro atoms. The first-order valence-electron chi connectivity index (χ1n) is 8.70. The minimum atomic E-state index is -3.61. The normalized spacial score (nSPS) is 21.9. The zero-order valence-corrected chi connectivity index (χ0v) is 15.6. The molecule has 0 unspecified atom stereocenters. The van der Waals surface area contributed by atoms with E-state index in [1.807, 2.05) is 13.0 Å². The summed E-state index contributed by atoms with van der Waals surface area (Å²) in [4.78, 5) is 12.5. The lowest BCUT2D eigenvalue weighted by Crippen LogP contribution is -2.39. The number of benzene rings is 1. The first-order chi connectivity index (χ1) is 12.5. The van der Waals surface area contributed by atoms with Crippen LogP contribution in [0.4, 0.5) is 0 Å². The average Bonchev–Trinajstić information content (AvgIpc) is 2.67. The molecule has 0 radical (unpaired) electrons. The van der Waals surface area contributed by atoms with Gasteiger partial charge in [0.1, 0.15) is 0 Å². The summed E-state index contributed by atoms with van der Waals surface area (Å²) >= 11 is 0. The van der Waals surface area contributed by atoms with E-state index >= 15 is 0 Å². The predicted octanol–water partition coefficient (Wildman–Crippen LogP) is 1.17. The van der Waals surface area contributed by atoms with E-state index in [0.717, 1.165) is 6.42 Å². The second-order valence-corrected chi connectivity index (χ2v) is 8.41. The largest absolute Gasteiger partial charge is 0.376 e. The Bertz CT molecular complexity index is 785. The van der Waals surface area contributed by atoms with Crippen LogP contribution in [0.15, 0.2) is 40.8 Å². The lowest BCUT2D eigenvalue weighted by Gasteiger charge is -2.25. The number of carbonyl (C=O) groups is 1. The Kier molecular flexibility index (Phi) is 6.08. The van der Waals surface area contributed by atoms with Crippen molar-refractivity contribution < 1.29 is 22.7 Å². The number of sulfonamides is 1. The number of hydrogen-bond donors (Lipinski definition) is 1. The molecule has 0 bridgehead atoms. The van der Waals surface area contributed by atoms with E-state index in [0.29, 0.717) is 45.0 Å². The topological polar surface area (TPSA) is 84.9 Å². The van der Waals surface area contributed by atoms with Crippen LogP contribution in [0.5, 0.6) is 0 Å². The number of amides is 1. The monoisotopic (exact) mass is 380 g/mol. The van der Waals surface area contributed by atoms with E-state index in [4.69, 9.17) is 9.47 Å². The minimum absolute atomic E-state index is 0.135. The fraction of sp³-hybridized carbons (Fsp3) is 0.500. The van der Waals surface area contributed by atoms with Gasteiger partial charge in [-0.15, -0.1) is 0 Å². The lowest BCUT2D eigenvalue weighted by atomic mass is 10.1. The first-order valence-corrected chi connectivity index (χ1v) is 10.1. The molecule has 2 heterocycles. The third-order valence-corrected chi connectivity index (χ3v) is 6.37. The summed E-state index contributed by atoms with van der Waals surface area (Å²) in [7, 11) is -3.61. The van der Waals surface area contributed by atoms with Crippen LogP contribution in [0.25, 0.3) is 0 Å². The van der Waals surface area contributed by atoms with Gasteiger partial charge in [0.05, 0.1) is 30.8 Å². The van der Waals surface area contributed by atoms with Gasteiger partial charge in [-0.1, -0.05) is 17.7 Å². The summed E-state index contributed by atoms with van der Waals surface area (Å²) in [6.07, 6.45) is 2.47. The molecule has 2 aliphatic heterocycles. The van der Waals surface area contributed by atoms with Crippen LogP contribution in [0.2, 0.25) is 0 Å².